The molecule has 0 radical (unpaired) electrons. The van der Waals surface area contributed by atoms with Crippen molar-refractivity contribution in [3.8, 4) is 0 Å². The van der Waals surface area contributed by atoms with E-state index in [-0.39, 0.29) is 0 Å². The molecule has 0 bridgehead atoms. The van der Waals surface area contributed by atoms with Gasteiger partial charge in [-0.2, -0.15) is 0 Å². The summed E-state index contributed by atoms with van der Waals surface area (Å²) in [6, 6.07) is 0. The fourth-order valence-electron chi connectivity index (χ4n) is 17.3. The summed E-state index contributed by atoms with van der Waals surface area (Å²) in [6.07, 6.45) is 19.3. The molecule has 10 aliphatic carbocycles. The molecule has 192 valence electrons. The summed E-state index contributed by atoms with van der Waals surface area (Å²) in [5, 5.41) is 0. The quantitative estimate of drug-likeness (QED) is 0.330. The lowest BCUT2D eigenvalue weighted by atomic mass is 9.69. The summed E-state index contributed by atoms with van der Waals surface area (Å²) in [5.41, 5.74) is 9.15. The molecule has 0 heterocycles. The Morgan fingerprint density at radius 3 is 1.71 bits per heavy atom. The first kappa shape index (κ1) is 20.9. The Labute approximate surface area is 215 Å². The molecular formula is C35H52. The Balaban J connectivity index is 0.844. The van der Waals surface area contributed by atoms with Crippen LogP contribution in [0.1, 0.15) is 132 Å². The molecule has 0 nitrogen and oxygen atoms in total. The normalized spacial score (nSPS) is 72.1. The Hall–Kier alpha value is 0. The Bertz CT molecular complexity index is 1160. The summed E-state index contributed by atoms with van der Waals surface area (Å²) >= 11 is 0. The average Bonchev–Trinajstić information content (AvgIpc) is 3.58. The van der Waals surface area contributed by atoms with Crippen LogP contribution in [0.5, 0.6) is 0 Å². The van der Waals surface area contributed by atoms with Gasteiger partial charge in [-0.1, -0.05) is 61.8 Å². The van der Waals surface area contributed by atoms with Crippen molar-refractivity contribution in [2.24, 2.45) is 83.2 Å². The van der Waals surface area contributed by atoms with E-state index in [0.717, 1.165) is 77.8 Å². The van der Waals surface area contributed by atoms with Crippen LogP contribution in [0.15, 0.2) is 0 Å². The minimum absolute atomic E-state index is 0.704. The molecule has 0 N–H and O–H groups in total. The number of hydrogen-bond donors (Lipinski definition) is 0. The molecule has 7 spiro atoms. The van der Waals surface area contributed by atoms with Crippen LogP contribution in [0.25, 0.3) is 0 Å². The van der Waals surface area contributed by atoms with Gasteiger partial charge in [-0.05, 0) is 154 Å². The molecule has 13 atom stereocenters. The molecule has 10 rings (SSSR count). The lowest BCUT2D eigenvalue weighted by molar-refractivity contribution is 0.123. The highest BCUT2D eigenvalue weighted by Crippen LogP contribution is 3.20. The number of hydrogen-bond acceptors (Lipinski definition) is 0. The van der Waals surface area contributed by atoms with Gasteiger partial charge in [0.1, 0.15) is 0 Å². The number of fused-ring (bicyclic) bond motifs is 6. The van der Waals surface area contributed by atoms with Crippen LogP contribution in [0.2, 0.25) is 0 Å². The lowest BCUT2D eigenvalue weighted by Gasteiger charge is -2.36. The fraction of sp³-hybridized carbons (Fsp3) is 1.00. The molecule has 0 saturated heterocycles. The monoisotopic (exact) mass is 472 g/mol. The highest BCUT2D eigenvalue weighted by atomic mass is 15.2. The maximum absolute atomic E-state index is 2.69. The van der Waals surface area contributed by atoms with E-state index < -0.39 is 0 Å². The van der Waals surface area contributed by atoms with Gasteiger partial charge in [-0.15, -0.1) is 0 Å². The van der Waals surface area contributed by atoms with E-state index in [1.807, 2.05) is 0 Å². The Morgan fingerprint density at radius 2 is 1.26 bits per heavy atom. The first-order valence-electron chi connectivity index (χ1n) is 16.4. The highest BCUT2D eigenvalue weighted by Gasteiger charge is 3.15. The fourth-order valence-corrected chi connectivity index (χ4v) is 17.3. The summed E-state index contributed by atoms with van der Waals surface area (Å²) in [7, 11) is 0. The Kier molecular flexibility index (Phi) is 2.73. The van der Waals surface area contributed by atoms with E-state index in [1.54, 1.807) is 64.2 Å². The van der Waals surface area contributed by atoms with Crippen molar-refractivity contribution in [2.75, 3.05) is 0 Å². The maximum atomic E-state index is 2.69. The van der Waals surface area contributed by atoms with Crippen molar-refractivity contribution in [1.29, 1.82) is 0 Å². The van der Waals surface area contributed by atoms with Gasteiger partial charge in [0.05, 0.1) is 0 Å². The molecule has 13 unspecified atom stereocenters. The molecule has 0 aromatic rings. The topological polar surface area (TPSA) is 0 Å². The second kappa shape index (κ2) is 4.57. The first-order chi connectivity index (χ1) is 16.4. The summed E-state index contributed by atoms with van der Waals surface area (Å²) in [5.74, 6) is 3.95. The molecule has 10 saturated carbocycles. The third-order valence-electron chi connectivity index (χ3n) is 18.8. The largest absolute Gasteiger partial charge is 0.0651 e. The van der Waals surface area contributed by atoms with Crippen molar-refractivity contribution in [2.45, 2.75) is 132 Å². The smallest absolute Gasteiger partial charge is 0.0113 e. The zero-order valence-corrected chi connectivity index (χ0v) is 24.3. The summed E-state index contributed by atoms with van der Waals surface area (Å²) in [4.78, 5) is 0. The molecule has 0 amide bonds. The minimum Gasteiger partial charge on any atom is -0.0651 e. The Morgan fingerprint density at radius 1 is 0.714 bits per heavy atom. The molecule has 0 aliphatic heterocycles. The van der Waals surface area contributed by atoms with Crippen molar-refractivity contribution < 1.29 is 0 Å². The van der Waals surface area contributed by atoms with Gasteiger partial charge in [-0.25, -0.2) is 0 Å². The first-order valence-corrected chi connectivity index (χ1v) is 16.4. The minimum atomic E-state index is 0.704. The predicted molar refractivity (Wildman–Crippen MR) is 142 cm³/mol. The van der Waals surface area contributed by atoms with Crippen molar-refractivity contribution in [3.63, 3.8) is 0 Å². The molecule has 10 aliphatic rings. The van der Waals surface area contributed by atoms with Crippen LogP contribution >= 0.6 is 0 Å². The van der Waals surface area contributed by atoms with Gasteiger partial charge in [0, 0.05) is 0 Å². The predicted octanol–water partition coefficient (Wildman–Crippen LogP) is 9.28. The molecule has 0 aromatic carbocycles. The summed E-state index contributed by atoms with van der Waals surface area (Å²) < 4.78 is 0. The zero-order valence-electron chi connectivity index (χ0n) is 24.3. The van der Waals surface area contributed by atoms with Gasteiger partial charge < -0.3 is 0 Å². The van der Waals surface area contributed by atoms with Crippen LogP contribution in [-0.2, 0) is 0 Å². The van der Waals surface area contributed by atoms with Crippen LogP contribution in [0.4, 0.5) is 0 Å². The SMILES string of the molecule is CCC(C(C)CCC1(CC)CC12CC21CC12CC21CC12CC21CC1(C)C)C12CC13C(C)C23C(C)C. The molecule has 0 heteroatoms. The van der Waals surface area contributed by atoms with Crippen LogP contribution in [-0.4, -0.2) is 0 Å². The third kappa shape index (κ3) is 1.41. The number of rotatable bonds is 8. The summed E-state index contributed by atoms with van der Waals surface area (Å²) in [6.45, 7) is 20.7. The zero-order chi connectivity index (χ0) is 24.3. The van der Waals surface area contributed by atoms with Gasteiger partial charge in [-0.3, -0.25) is 0 Å². The molecule has 10 fully saturated rings. The van der Waals surface area contributed by atoms with E-state index in [9.17, 15) is 0 Å². The third-order valence-corrected chi connectivity index (χ3v) is 18.8. The lowest BCUT2D eigenvalue weighted by Crippen LogP contribution is -2.30. The van der Waals surface area contributed by atoms with Crippen LogP contribution in [0, 0.1) is 83.2 Å². The second-order valence-electron chi connectivity index (χ2n) is 18.6. The average molecular weight is 473 g/mol. The van der Waals surface area contributed by atoms with Crippen LogP contribution < -0.4 is 0 Å². The van der Waals surface area contributed by atoms with Crippen molar-refractivity contribution >= 4 is 0 Å². The van der Waals surface area contributed by atoms with E-state index >= 15 is 0 Å². The molecular weight excluding hydrogens is 420 g/mol. The second-order valence-corrected chi connectivity index (χ2v) is 18.6. The van der Waals surface area contributed by atoms with E-state index in [4.69, 9.17) is 0 Å². The van der Waals surface area contributed by atoms with Crippen molar-refractivity contribution in [3.05, 3.63) is 0 Å². The van der Waals surface area contributed by atoms with Gasteiger partial charge in [0.15, 0.2) is 0 Å². The van der Waals surface area contributed by atoms with Crippen molar-refractivity contribution in [1.82, 2.24) is 0 Å². The van der Waals surface area contributed by atoms with Gasteiger partial charge in [0.25, 0.3) is 0 Å². The highest BCUT2D eigenvalue weighted by molar-refractivity contribution is 5.62. The molecule has 0 aromatic heterocycles. The van der Waals surface area contributed by atoms with E-state index in [2.05, 4.69) is 55.4 Å². The van der Waals surface area contributed by atoms with Gasteiger partial charge in [0.2, 0.25) is 0 Å². The van der Waals surface area contributed by atoms with E-state index in [1.165, 1.54) is 12.8 Å². The van der Waals surface area contributed by atoms with Crippen LogP contribution in [0.3, 0.4) is 0 Å². The standard InChI is InChI=1S/C35H52/c1-9-24(34-20-33(34)23(6)35(33,34)21(3)4)22(5)11-12-26(10-2)14-28(26)16-30(28)18-32(30)19-31(32)17-29(31)15-27(29)13-25(27,7)8/h21-24H,9-20H2,1-8H3. The van der Waals surface area contributed by atoms with Gasteiger partial charge >= 0.3 is 0 Å². The maximum Gasteiger partial charge on any atom is -0.0113 e. The molecule has 35 heavy (non-hydrogen) atoms. The van der Waals surface area contributed by atoms with E-state index in [0.29, 0.717) is 5.41 Å².